The van der Waals surface area contributed by atoms with Crippen molar-refractivity contribution < 1.29 is 4.74 Å². The van der Waals surface area contributed by atoms with E-state index in [0.717, 1.165) is 37.3 Å². The maximum Gasteiger partial charge on any atom is 0.182 e. The second-order valence-electron chi connectivity index (χ2n) is 5.40. The maximum absolute atomic E-state index is 5.78. The van der Waals surface area contributed by atoms with Crippen LogP contribution in [-0.2, 0) is 16.8 Å². The number of aromatic nitrogens is 3. The summed E-state index contributed by atoms with van der Waals surface area (Å²) in [5.41, 5.74) is 5.23. The second-order valence-corrected chi connectivity index (χ2v) is 5.40. The summed E-state index contributed by atoms with van der Waals surface area (Å²) in [6, 6.07) is 0. The van der Waals surface area contributed by atoms with Gasteiger partial charge >= 0.3 is 0 Å². The van der Waals surface area contributed by atoms with E-state index in [4.69, 9.17) is 10.5 Å². The zero-order valence-corrected chi connectivity index (χ0v) is 11.4. The van der Waals surface area contributed by atoms with Gasteiger partial charge in [-0.05, 0) is 38.1 Å². The Hall–Kier alpha value is -0.940. The summed E-state index contributed by atoms with van der Waals surface area (Å²) in [5.74, 6) is 2.42. The van der Waals surface area contributed by atoms with Crippen LogP contribution in [0.3, 0.4) is 0 Å². The van der Waals surface area contributed by atoms with Crippen LogP contribution in [0.5, 0.6) is 0 Å². The number of hydrogen-bond acceptors (Lipinski definition) is 4. The average Bonchev–Trinajstić information content (AvgIpc) is 2.85. The van der Waals surface area contributed by atoms with Crippen LogP contribution in [0, 0.1) is 5.92 Å². The molecule has 0 radical (unpaired) electrons. The smallest absolute Gasteiger partial charge is 0.182 e. The molecule has 1 fully saturated rings. The van der Waals surface area contributed by atoms with Crippen molar-refractivity contribution in [2.45, 2.75) is 51.0 Å². The molecular formula is C13H24N4O. The van der Waals surface area contributed by atoms with Crippen molar-refractivity contribution in [3.05, 3.63) is 11.6 Å². The monoisotopic (exact) mass is 252 g/mol. The Bertz CT molecular complexity index is 379. The molecule has 2 unspecified atom stereocenters. The standard InChI is InChI=1S/C13H24N4O/c1-10-5-3-7-13(9-10,18-2)12-15-11(16-17-12)6-4-8-14/h10H,3-9,14H2,1-2H3,(H,15,16,17). The molecular weight excluding hydrogens is 228 g/mol. The average molecular weight is 252 g/mol. The van der Waals surface area contributed by atoms with E-state index in [-0.39, 0.29) is 5.60 Å². The molecule has 0 bridgehead atoms. The van der Waals surface area contributed by atoms with E-state index in [2.05, 4.69) is 22.1 Å². The predicted octanol–water partition coefficient (Wildman–Crippen LogP) is 1.75. The van der Waals surface area contributed by atoms with Crippen LogP contribution in [0.4, 0.5) is 0 Å². The summed E-state index contributed by atoms with van der Waals surface area (Å²) >= 11 is 0. The van der Waals surface area contributed by atoms with Crippen LogP contribution >= 0.6 is 0 Å². The highest BCUT2D eigenvalue weighted by molar-refractivity contribution is 5.05. The number of H-pyrrole nitrogens is 1. The van der Waals surface area contributed by atoms with Crippen molar-refractivity contribution in [3.63, 3.8) is 0 Å². The van der Waals surface area contributed by atoms with Gasteiger partial charge < -0.3 is 10.5 Å². The first-order valence-corrected chi connectivity index (χ1v) is 6.87. The van der Waals surface area contributed by atoms with E-state index in [0.29, 0.717) is 12.5 Å². The van der Waals surface area contributed by atoms with E-state index in [9.17, 15) is 0 Å². The zero-order chi connectivity index (χ0) is 13.0. The molecule has 0 spiro atoms. The third-order valence-corrected chi connectivity index (χ3v) is 3.90. The van der Waals surface area contributed by atoms with Crippen LogP contribution in [0.25, 0.3) is 0 Å². The molecule has 2 atom stereocenters. The highest BCUT2D eigenvalue weighted by Gasteiger charge is 2.40. The molecule has 1 saturated carbocycles. The SMILES string of the molecule is COC1(c2n[nH]c(CCCN)n2)CCCC(C)C1. The minimum atomic E-state index is -0.283. The van der Waals surface area contributed by atoms with Gasteiger partial charge in [0.25, 0.3) is 0 Å². The van der Waals surface area contributed by atoms with Gasteiger partial charge in [-0.1, -0.05) is 13.3 Å². The highest BCUT2D eigenvalue weighted by atomic mass is 16.5. The fraction of sp³-hybridized carbons (Fsp3) is 0.846. The molecule has 5 nitrogen and oxygen atoms in total. The van der Waals surface area contributed by atoms with Gasteiger partial charge in [-0.15, -0.1) is 0 Å². The van der Waals surface area contributed by atoms with Gasteiger partial charge in [-0.3, -0.25) is 5.10 Å². The van der Waals surface area contributed by atoms with Gasteiger partial charge in [0.2, 0.25) is 0 Å². The van der Waals surface area contributed by atoms with Gasteiger partial charge in [-0.25, -0.2) is 4.98 Å². The summed E-state index contributed by atoms with van der Waals surface area (Å²) in [4.78, 5) is 4.60. The second kappa shape index (κ2) is 5.80. The third kappa shape index (κ3) is 2.72. The Balaban J connectivity index is 2.13. The van der Waals surface area contributed by atoms with Crippen LogP contribution in [0.1, 0.15) is 50.7 Å². The fourth-order valence-electron chi connectivity index (χ4n) is 2.86. The molecule has 3 N–H and O–H groups in total. The van der Waals surface area contributed by atoms with E-state index < -0.39 is 0 Å². The number of ether oxygens (including phenoxy) is 1. The first-order valence-electron chi connectivity index (χ1n) is 6.87. The Kier molecular flexibility index (Phi) is 4.35. The number of nitrogens with one attached hydrogen (secondary N) is 1. The van der Waals surface area contributed by atoms with E-state index in [1.807, 2.05) is 0 Å². The lowest BCUT2D eigenvalue weighted by Crippen LogP contribution is -2.35. The molecule has 1 heterocycles. The third-order valence-electron chi connectivity index (χ3n) is 3.90. The summed E-state index contributed by atoms with van der Waals surface area (Å²) in [7, 11) is 1.77. The van der Waals surface area contributed by atoms with Crippen LogP contribution in [0.2, 0.25) is 0 Å². The fourth-order valence-corrected chi connectivity index (χ4v) is 2.86. The molecule has 2 rings (SSSR count). The molecule has 0 aromatic carbocycles. The van der Waals surface area contributed by atoms with Crippen molar-refractivity contribution >= 4 is 0 Å². The summed E-state index contributed by atoms with van der Waals surface area (Å²) in [5, 5.41) is 7.38. The van der Waals surface area contributed by atoms with Crippen molar-refractivity contribution in [1.29, 1.82) is 0 Å². The van der Waals surface area contributed by atoms with E-state index >= 15 is 0 Å². The maximum atomic E-state index is 5.78. The highest BCUT2D eigenvalue weighted by Crippen LogP contribution is 2.40. The number of nitrogens with zero attached hydrogens (tertiary/aromatic N) is 2. The molecule has 5 heteroatoms. The molecule has 102 valence electrons. The number of hydrogen-bond donors (Lipinski definition) is 2. The van der Waals surface area contributed by atoms with Crippen molar-refractivity contribution in [1.82, 2.24) is 15.2 Å². The van der Waals surface area contributed by atoms with Crippen molar-refractivity contribution in [2.24, 2.45) is 11.7 Å². The van der Waals surface area contributed by atoms with Gasteiger partial charge in [-0.2, -0.15) is 5.10 Å². The summed E-state index contributed by atoms with van der Waals surface area (Å²) < 4.78 is 5.78. The first kappa shape index (κ1) is 13.5. The van der Waals surface area contributed by atoms with Crippen LogP contribution in [-0.4, -0.2) is 28.8 Å². The van der Waals surface area contributed by atoms with Gasteiger partial charge in [0.1, 0.15) is 11.4 Å². The quantitative estimate of drug-likeness (QED) is 0.837. The molecule has 1 aromatic heterocycles. The van der Waals surface area contributed by atoms with E-state index in [1.54, 1.807) is 7.11 Å². The van der Waals surface area contributed by atoms with Crippen molar-refractivity contribution in [3.8, 4) is 0 Å². The first-order chi connectivity index (χ1) is 8.70. The normalized spacial score (nSPS) is 28.5. The summed E-state index contributed by atoms with van der Waals surface area (Å²) in [6.07, 6.45) is 6.28. The predicted molar refractivity (Wildman–Crippen MR) is 70.1 cm³/mol. The zero-order valence-electron chi connectivity index (χ0n) is 11.4. The molecule has 0 amide bonds. The molecule has 1 aromatic rings. The Morgan fingerprint density at radius 3 is 3.06 bits per heavy atom. The van der Waals surface area contributed by atoms with Crippen LogP contribution in [0.15, 0.2) is 0 Å². The summed E-state index contributed by atoms with van der Waals surface area (Å²) in [6.45, 7) is 2.96. The molecule has 1 aliphatic rings. The Labute approximate surface area is 109 Å². The van der Waals surface area contributed by atoms with Crippen LogP contribution < -0.4 is 5.73 Å². The molecule has 1 aliphatic carbocycles. The van der Waals surface area contributed by atoms with Gasteiger partial charge in [0.15, 0.2) is 5.82 Å². The lowest BCUT2D eigenvalue weighted by molar-refractivity contribution is -0.0644. The minimum absolute atomic E-state index is 0.283. The lowest BCUT2D eigenvalue weighted by atomic mass is 9.78. The minimum Gasteiger partial charge on any atom is -0.370 e. The largest absolute Gasteiger partial charge is 0.370 e. The Morgan fingerprint density at radius 2 is 2.39 bits per heavy atom. The lowest BCUT2D eigenvalue weighted by Gasteiger charge is -2.36. The van der Waals surface area contributed by atoms with E-state index in [1.165, 1.54) is 12.8 Å². The molecule has 18 heavy (non-hydrogen) atoms. The number of methoxy groups -OCH3 is 1. The number of aromatic amines is 1. The molecule has 0 saturated heterocycles. The van der Waals surface area contributed by atoms with Crippen molar-refractivity contribution in [2.75, 3.05) is 13.7 Å². The Morgan fingerprint density at radius 1 is 1.56 bits per heavy atom. The molecule has 0 aliphatic heterocycles. The van der Waals surface area contributed by atoms with Gasteiger partial charge in [0, 0.05) is 13.5 Å². The van der Waals surface area contributed by atoms with Gasteiger partial charge in [0.05, 0.1) is 0 Å². The number of rotatable bonds is 5. The topological polar surface area (TPSA) is 76.8 Å². The number of aryl methyl sites for hydroxylation is 1. The number of nitrogens with two attached hydrogens (primary N) is 1.